The smallest absolute Gasteiger partial charge is 0.274 e. The minimum Gasteiger partial charge on any atom is -0.396 e. The van der Waals surface area contributed by atoms with Crippen LogP contribution in [0.5, 0.6) is 0 Å². The van der Waals surface area contributed by atoms with Crippen LogP contribution in [0.1, 0.15) is 51.6 Å². The average Bonchev–Trinajstić information content (AvgIpc) is 3.20. The largest absolute Gasteiger partial charge is 0.396 e. The van der Waals surface area contributed by atoms with Crippen LogP contribution < -0.4 is 4.90 Å². The van der Waals surface area contributed by atoms with Crippen molar-refractivity contribution in [1.29, 1.82) is 0 Å². The Hall–Kier alpha value is -2.87. The van der Waals surface area contributed by atoms with Gasteiger partial charge in [0.2, 0.25) is 5.91 Å². The van der Waals surface area contributed by atoms with Crippen molar-refractivity contribution in [3.8, 4) is 0 Å². The average molecular weight is 478 g/mol. The minimum absolute atomic E-state index is 0.0295. The molecular weight excluding hydrogens is 442 g/mol. The van der Waals surface area contributed by atoms with E-state index in [9.17, 15) is 14.7 Å². The summed E-state index contributed by atoms with van der Waals surface area (Å²) in [6.45, 7) is 8.92. The number of carbonyl (C=O) groups excluding carboxylic acids is 2. The molecule has 8 heteroatoms. The molecule has 2 amide bonds. The summed E-state index contributed by atoms with van der Waals surface area (Å²) in [6, 6.07) is 6.40. The lowest BCUT2D eigenvalue weighted by molar-refractivity contribution is -0.132. The molecule has 1 N–H and O–H groups in total. The van der Waals surface area contributed by atoms with Crippen LogP contribution in [0.3, 0.4) is 0 Å². The highest BCUT2D eigenvalue weighted by atomic mass is 16.3. The highest BCUT2D eigenvalue weighted by molar-refractivity contribution is 5.95. The molecule has 35 heavy (non-hydrogen) atoms. The van der Waals surface area contributed by atoms with Gasteiger partial charge >= 0.3 is 0 Å². The fourth-order valence-corrected chi connectivity index (χ4v) is 6.30. The third kappa shape index (κ3) is 3.92. The standard InChI is InChI=1S/C27H35N5O3/c1-17-4-3-5-22(18(17)2)29-8-10-30(11-9-29)24(34)15-32-23-13-20-12-21(20)25(23)26(28-32)27(35)31-7-6-19(14-31)16-33/h3-5,19-21,33H,6-16H2,1-2H3/t19-,20+,21+/m0/s1. The predicted molar refractivity (Wildman–Crippen MR) is 133 cm³/mol. The van der Waals surface area contributed by atoms with E-state index in [1.165, 1.54) is 16.8 Å². The number of benzene rings is 1. The molecule has 2 aliphatic carbocycles. The monoisotopic (exact) mass is 477 g/mol. The van der Waals surface area contributed by atoms with Gasteiger partial charge in [-0.25, -0.2) is 0 Å². The van der Waals surface area contributed by atoms with E-state index in [1.54, 1.807) is 0 Å². The summed E-state index contributed by atoms with van der Waals surface area (Å²) in [5.74, 6) is 1.26. The molecule has 1 aromatic heterocycles. The number of hydrogen-bond acceptors (Lipinski definition) is 5. The van der Waals surface area contributed by atoms with E-state index in [-0.39, 0.29) is 30.9 Å². The summed E-state index contributed by atoms with van der Waals surface area (Å²) in [5, 5.41) is 14.2. The molecule has 2 saturated heterocycles. The van der Waals surface area contributed by atoms with Crippen molar-refractivity contribution in [1.82, 2.24) is 19.6 Å². The first kappa shape index (κ1) is 22.6. The van der Waals surface area contributed by atoms with Gasteiger partial charge in [-0.2, -0.15) is 5.10 Å². The van der Waals surface area contributed by atoms with Crippen LogP contribution >= 0.6 is 0 Å². The summed E-state index contributed by atoms with van der Waals surface area (Å²) < 4.78 is 1.83. The molecule has 2 aromatic rings. The molecular formula is C27H35N5O3. The number of piperazine rings is 1. The Labute approximate surface area is 206 Å². The number of hydrogen-bond donors (Lipinski definition) is 1. The lowest BCUT2D eigenvalue weighted by Gasteiger charge is -2.37. The van der Waals surface area contributed by atoms with Crippen molar-refractivity contribution in [2.75, 3.05) is 50.8 Å². The lowest BCUT2D eigenvalue weighted by atomic mass is 10.1. The Kier molecular flexibility index (Phi) is 5.59. The Morgan fingerprint density at radius 2 is 1.89 bits per heavy atom. The van der Waals surface area contributed by atoms with Gasteiger partial charge in [-0.05, 0) is 62.1 Å². The van der Waals surface area contributed by atoms with Gasteiger partial charge in [-0.3, -0.25) is 14.3 Å². The molecule has 3 fully saturated rings. The van der Waals surface area contributed by atoms with Gasteiger partial charge in [0.1, 0.15) is 6.54 Å². The van der Waals surface area contributed by atoms with Crippen LogP contribution in [0.2, 0.25) is 0 Å². The fourth-order valence-electron chi connectivity index (χ4n) is 6.30. The second-order valence-corrected chi connectivity index (χ2v) is 10.8. The number of likely N-dealkylation sites (tertiary alicyclic amines) is 1. The summed E-state index contributed by atoms with van der Waals surface area (Å²) in [7, 11) is 0. The number of carbonyl (C=O) groups is 2. The fraction of sp³-hybridized carbons (Fsp3) is 0.593. The van der Waals surface area contributed by atoms with E-state index in [4.69, 9.17) is 5.10 Å². The number of aromatic nitrogens is 2. The number of aliphatic hydroxyl groups is 1. The molecule has 186 valence electrons. The second kappa shape index (κ2) is 8.66. The molecule has 0 spiro atoms. The van der Waals surface area contributed by atoms with Gasteiger partial charge in [0.15, 0.2) is 5.69 Å². The molecule has 6 rings (SSSR count). The first-order valence-corrected chi connectivity index (χ1v) is 13.0. The van der Waals surface area contributed by atoms with Crippen molar-refractivity contribution in [3.05, 3.63) is 46.3 Å². The molecule has 4 aliphatic rings. The first-order valence-electron chi connectivity index (χ1n) is 13.0. The van der Waals surface area contributed by atoms with Crippen LogP contribution in [0.15, 0.2) is 18.2 Å². The van der Waals surface area contributed by atoms with Crippen LogP contribution in [-0.4, -0.2) is 82.4 Å². The van der Waals surface area contributed by atoms with Crippen molar-refractivity contribution in [2.45, 2.75) is 45.6 Å². The molecule has 3 heterocycles. The quantitative estimate of drug-likeness (QED) is 0.712. The van der Waals surface area contributed by atoms with E-state index in [2.05, 4.69) is 36.9 Å². The number of aryl methyl sites for hydroxylation is 1. The van der Waals surface area contributed by atoms with Crippen molar-refractivity contribution < 1.29 is 14.7 Å². The maximum Gasteiger partial charge on any atom is 0.274 e. The molecule has 0 unspecified atom stereocenters. The van der Waals surface area contributed by atoms with Gasteiger partial charge in [-0.15, -0.1) is 0 Å². The lowest BCUT2D eigenvalue weighted by Crippen LogP contribution is -2.50. The van der Waals surface area contributed by atoms with Crippen LogP contribution in [-0.2, 0) is 17.8 Å². The molecule has 1 aromatic carbocycles. The summed E-state index contributed by atoms with van der Waals surface area (Å²) in [6.07, 6.45) is 2.89. The van der Waals surface area contributed by atoms with Crippen LogP contribution in [0.4, 0.5) is 5.69 Å². The topological polar surface area (TPSA) is 81.9 Å². The molecule has 3 atom stereocenters. The van der Waals surface area contributed by atoms with Gasteiger partial charge in [-0.1, -0.05) is 12.1 Å². The number of nitrogens with zero attached hydrogens (tertiary/aromatic N) is 5. The van der Waals surface area contributed by atoms with Crippen molar-refractivity contribution in [3.63, 3.8) is 0 Å². The van der Waals surface area contributed by atoms with E-state index < -0.39 is 0 Å². The second-order valence-electron chi connectivity index (χ2n) is 10.8. The zero-order valence-electron chi connectivity index (χ0n) is 20.7. The Morgan fingerprint density at radius 1 is 1.09 bits per heavy atom. The van der Waals surface area contributed by atoms with E-state index in [0.717, 1.165) is 43.6 Å². The summed E-state index contributed by atoms with van der Waals surface area (Å²) in [5.41, 5.74) is 6.59. The molecule has 0 bridgehead atoms. The van der Waals surface area contributed by atoms with E-state index in [1.807, 2.05) is 14.5 Å². The highest BCUT2D eigenvalue weighted by Gasteiger charge is 2.50. The van der Waals surface area contributed by atoms with Crippen molar-refractivity contribution in [2.24, 2.45) is 11.8 Å². The van der Waals surface area contributed by atoms with Crippen LogP contribution in [0.25, 0.3) is 0 Å². The summed E-state index contributed by atoms with van der Waals surface area (Å²) in [4.78, 5) is 32.7. The molecule has 8 nitrogen and oxygen atoms in total. The van der Waals surface area contributed by atoms with Gasteiger partial charge in [0, 0.05) is 68.7 Å². The molecule has 1 saturated carbocycles. The zero-order chi connectivity index (χ0) is 24.3. The Morgan fingerprint density at radius 3 is 2.63 bits per heavy atom. The number of rotatable bonds is 5. The van der Waals surface area contributed by atoms with Crippen molar-refractivity contribution >= 4 is 17.5 Å². The molecule has 2 aliphatic heterocycles. The van der Waals surface area contributed by atoms with E-state index >= 15 is 0 Å². The Bertz CT molecular complexity index is 1170. The Balaban J connectivity index is 1.14. The predicted octanol–water partition coefficient (Wildman–Crippen LogP) is 1.96. The van der Waals surface area contributed by atoms with Gasteiger partial charge in [0.05, 0.1) is 0 Å². The zero-order valence-corrected chi connectivity index (χ0v) is 20.7. The number of amides is 2. The summed E-state index contributed by atoms with van der Waals surface area (Å²) >= 11 is 0. The van der Waals surface area contributed by atoms with Crippen LogP contribution in [0, 0.1) is 25.7 Å². The third-order valence-electron chi connectivity index (χ3n) is 8.72. The first-order chi connectivity index (χ1) is 16.9. The van der Waals surface area contributed by atoms with Gasteiger partial charge < -0.3 is 19.8 Å². The maximum atomic E-state index is 13.3. The number of fused-ring (bicyclic) bond motifs is 3. The molecule has 0 radical (unpaired) electrons. The SMILES string of the molecule is Cc1cccc(N2CCN(C(=O)Cn3nc(C(=O)N4CC[C@H](CO)C4)c4c3C[C@H]3C[C@@H]43)CC2)c1C. The normalized spacial score (nSPS) is 25.1. The maximum absolute atomic E-state index is 13.3. The third-order valence-corrected chi connectivity index (χ3v) is 8.72. The van der Waals surface area contributed by atoms with E-state index in [0.29, 0.717) is 43.7 Å². The minimum atomic E-state index is -0.0295. The van der Waals surface area contributed by atoms with Gasteiger partial charge in [0.25, 0.3) is 5.91 Å². The number of anilines is 1. The number of aliphatic hydroxyl groups excluding tert-OH is 1. The highest BCUT2D eigenvalue weighted by Crippen LogP contribution is 2.57.